The van der Waals surface area contributed by atoms with Crippen LogP contribution < -0.4 is 15.4 Å². The van der Waals surface area contributed by atoms with E-state index in [2.05, 4.69) is 15.6 Å². The maximum absolute atomic E-state index is 13.5. The Kier molecular flexibility index (Phi) is 11.0. The van der Waals surface area contributed by atoms with Crippen LogP contribution in [0.2, 0.25) is 5.02 Å². The van der Waals surface area contributed by atoms with Gasteiger partial charge in [-0.25, -0.2) is 13.2 Å². The molecule has 3 aromatic rings. The summed E-state index contributed by atoms with van der Waals surface area (Å²) in [6.07, 6.45) is 0.438. The summed E-state index contributed by atoms with van der Waals surface area (Å²) in [6, 6.07) is 13.1. The zero-order valence-corrected chi connectivity index (χ0v) is 28.6. The highest BCUT2D eigenvalue weighted by Crippen LogP contribution is 2.53. The Morgan fingerprint density at radius 1 is 1.02 bits per heavy atom. The summed E-state index contributed by atoms with van der Waals surface area (Å²) in [5.41, 5.74) is 2.76. The Morgan fingerprint density at radius 3 is 2.44 bits per heavy atom. The molecule has 2 saturated carbocycles. The Bertz CT molecular complexity index is 1790. The molecule has 0 bridgehead atoms. The first-order valence-electron chi connectivity index (χ1n) is 16.4. The normalized spacial score (nSPS) is 19.9. The van der Waals surface area contributed by atoms with Crippen LogP contribution in [0.25, 0.3) is 11.1 Å². The van der Waals surface area contributed by atoms with Gasteiger partial charge in [-0.15, -0.1) is 0 Å². The number of halogens is 1. The monoisotopic (exact) mass is 732 g/mol. The highest BCUT2D eigenvalue weighted by molar-refractivity contribution is 7.89. The third kappa shape index (κ3) is 8.06. The van der Waals surface area contributed by atoms with Crippen LogP contribution in [-0.4, -0.2) is 112 Å². The summed E-state index contributed by atoms with van der Waals surface area (Å²) < 4.78 is 40.8. The molecule has 270 valence electrons. The standard InChI is InChI=1S/C34H41ClN4O10S/c35-27-8-7-23(50(46,47)39-16-21(17-39)38-33(45)37-15-28(41)31(43)32(44)29(42)18-40)13-20(27)19-48-34(10-11-34)26-14-36-12-9-24(26)25-3-1-2-4-30(25)49-22-5-6-22/h1-4,7-9,12-14,21-22,28-29,31-32,40-44H,5-6,10-11,15-19H2,(H2,37,38,45)/t28-,29+,31+,32+/m0/s1. The highest BCUT2D eigenvalue weighted by Gasteiger charge is 2.48. The molecule has 2 heterocycles. The number of para-hydroxylation sites is 1. The number of aromatic nitrogens is 1. The summed E-state index contributed by atoms with van der Waals surface area (Å²) in [5, 5.41) is 53.2. The molecule has 14 nitrogen and oxygen atoms in total. The molecule has 1 aromatic heterocycles. The van der Waals surface area contributed by atoms with Gasteiger partial charge in [-0.05, 0) is 67.1 Å². The van der Waals surface area contributed by atoms with Gasteiger partial charge in [0.15, 0.2) is 0 Å². The number of hydrogen-bond donors (Lipinski definition) is 7. The molecule has 2 aliphatic carbocycles. The van der Waals surface area contributed by atoms with Crippen molar-refractivity contribution in [3.63, 3.8) is 0 Å². The lowest BCUT2D eigenvalue weighted by molar-refractivity contribution is -0.113. The van der Waals surface area contributed by atoms with Crippen molar-refractivity contribution in [1.29, 1.82) is 0 Å². The van der Waals surface area contributed by atoms with Crippen LogP contribution in [-0.2, 0) is 27.0 Å². The van der Waals surface area contributed by atoms with Crippen LogP contribution in [0.15, 0.2) is 65.8 Å². The van der Waals surface area contributed by atoms with Crippen molar-refractivity contribution < 1.29 is 48.2 Å². The number of hydrogen-bond acceptors (Lipinski definition) is 11. The molecule has 0 radical (unpaired) electrons. The molecular formula is C34H41ClN4O10S. The van der Waals surface area contributed by atoms with E-state index in [0.717, 1.165) is 48.1 Å². The predicted octanol–water partition coefficient (Wildman–Crippen LogP) is 1.26. The lowest BCUT2D eigenvalue weighted by Gasteiger charge is -2.38. The fraction of sp³-hybridized carbons (Fsp3) is 0.471. The molecular weight excluding hydrogens is 692 g/mol. The van der Waals surface area contributed by atoms with Crippen molar-refractivity contribution in [2.24, 2.45) is 0 Å². The zero-order chi connectivity index (χ0) is 35.6. The SMILES string of the molecule is O=C(NC[C@H](O)[C@@H](O)[C@H](O)[C@H](O)CO)NC1CN(S(=O)(=O)c2ccc(Cl)c(COC3(c4cnccc4-c4ccccc4OC4CC4)CC3)c2)C1. The first-order chi connectivity index (χ1) is 23.9. The van der Waals surface area contributed by atoms with Crippen molar-refractivity contribution in [2.75, 3.05) is 26.2 Å². The number of pyridine rings is 1. The Hall–Kier alpha value is -3.38. The van der Waals surface area contributed by atoms with Gasteiger partial charge in [0.25, 0.3) is 0 Å². The summed E-state index contributed by atoms with van der Waals surface area (Å²) in [5.74, 6) is 0.814. The number of urea groups is 1. The fourth-order valence-corrected chi connectivity index (χ4v) is 7.54. The predicted molar refractivity (Wildman–Crippen MR) is 181 cm³/mol. The third-order valence-electron chi connectivity index (χ3n) is 9.15. The number of rotatable bonds is 16. The number of ether oxygens (including phenoxy) is 2. The average Bonchev–Trinajstić information content (AvgIpc) is 4.05. The number of amides is 2. The number of benzene rings is 2. The number of nitrogens with one attached hydrogen (secondary N) is 2. The summed E-state index contributed by atoms with van der Waals surface area (Å²) >= 11 is 6.52. The van der Waals surface area contributed by atoms with E-state index in [1.54, 1.807) is 6.20 Å². The van der Waals surface area contributed by atoms with E-state index in [-0.39, 0.29) is 30.7 Å². The highest BCUT2D eigenvalue weighted by atomic mass is 35.5. The molecule has 1 saturated heterocycles. The minimum Gasteiger partial charge on any atom is -0.490 e. The number of aliphatic hydroxyl groups is 5. The molecule has 2 amide bonds. The Balaban J connectivity index is 1.05. The molecule has 7 N–H and O–H groups in total. The summed E-state index contributed by atoms with van der Waals surface area (Å²) in [6.45, 7) is -1.24. The van der Waals surface area contributed by atoms with Crippen LogP contribution in [0.1, 0.15) is 36.8 Å². The third-order valence-corrected chi connectivity index (χ3v) is 11.3. The largest absolute Gasteiger partial charge is 0.490 e. The van der Waals surface area contributed by atoms with Crippen LogP contribution in [0.4, 0.5) is 4.79 Å². The topological polar surface area (TPSA) is 211 Å². The second-order valence-electron chi connectivity index (χ2n) is 12.9. The fourth-order valence-electron chi connectivity index (χ4n) is 5.79. The molecule has 2 aromatic carbocycles. The van der Waals surface area contributed by atoms with E-state index in [1.807, 2.05) is 36.5 Å². The number of aliphatic hydroxyl groups excluding tert-OH is 5. The molecule has 0 unspecified atom stereocenters. The molecule has 6 rings (SSSR count). The number of sulfonamides is 1. The van der Waals surface area contributed by atoms with Crippen LogP contribution in [0.5, 0.6) is 5.75 Å². The van der Waals surface area contributed by atoms with Gasteiger partial charge >= 0.3 is 6.03 Å². The first kappa shape index (κ1) is 36.4. The zero-order valence-electron chi connectivity index (χ0n) is 27.1. The van der Waals surface area contributed by atoms with Gasteiger partial charge in [0, 0.05) is 48.2 Å². The minimum absolute atomic E-state index is 0.00434. The van der Waals surface area contributed by atoms with Gasteiger partial charge in [-0.2, -0.15) is 4.31 Å². The molecule has 16 heteroatoms. The van der Waals surface area contributed by atoms with E-state index in [9.17, 15) is 33.6 Å². The van der Waals surface area contributed by atoms with Gasteiger partial charge in [0.05, 0.1) is 42.0 Å². The molecule has 4 atom stereocenters. The molecule has 3 fully saturated rings. The maximum Gasteiger partial charge on any atom is 0.315 e. The van der Waals surface area contributed by atoms with E-state index >= 15 is 0 Å². The molecule has 0 spiro atoms. The smallest absolute Gasteiger partial charge is 0.315 e. The first-order valence-corrected chi connectivity index (χ1v) is 18.2. The lowest BCUT2D eigenvalue weighted by atomic mass is 9.96. The van der Waals surface area contributed by atoms with Crippen molar-refractivity contribution >= 4 is 27.7 Å². The summed E-state index contributed by atoms with van der Waals surface area (Å²) in [4.78, 5) is 16.7. The summed E-state index contributed by atoms with van der Waals surface area (Å²) in [7, 11) is -3.93. The average molecular weight is 733 g/mol. The van der Waals surface area contributed by atoms with E-state index in [4.69, 9.17) is 26.2 Å². The number of carbonyl (C=O) groups is 1. The van der Waals surface area contributed by atoms with Crippen molar-refractivity contribution in [3.05, 3.63) is 77.1 Å². The van der Waals surface area contributed by atoms with Crippen LogP contribution in [0.3, 0.4) is 0 Å². The van der Waals surface area contributed by atoms with E-state index in [1.165, 1.54) is 22.5 Å². The van der Waals surface area contributed by atoms with Crippen LogP contribution in [0, 0.1) is 0 Å². The second kappa shape index (κ2) is 15.1. The van der Waals surface area contributed by atoms with Gasteiger partial charge in [0.1, 0.15) is 24.1 Å². The lowest BCUT2D eigenvalue weighted by Crippen LogP contribution is -2.62. The van der Waals surface area contributed by atoms with Crippen molar-refractivity contribution in [2.45, 2.75) is 79.3 Å². The molecule has 3 aliphatic rings. The van der Waals surface area contributed by atoms with Gasteiger partial charge in [0.2, 0.25) is 10.0 Å². The van der Waals surface area contributed by atoms with Gasteiger partial charge < -0.3 is 45.6 Å². The van der Waals surface area contributed by atoms with Crippen molar-refractivity contribution in [3.8, 4) is 16.9 Å². The van der Waals surface area contributed by atoms with Crippen molar-refractivity contribution in [1.82, 2.24) is 19.9 Å². The minimum atomic E-state index is -3.93. The Morgan fingerprint density at radius 2 is 1.74 bits per heavy atom. The quantitative estimate of drug-likeness (QED) is 0.111. The van der Waals surface area contributed by atoms with Gasteiger partial charge in [-0.3, -0.25) is 4.98 Å². The van der Waals surface area contributed by atoms with E-state index < -0.39 is 65.3 Å². The Labute approximate surface area is 294 Å². The van der Waals surface area contributed by atoms with E-state index in [0.29, 0.717) is 10.6 Å². The van der Waals surface area contributed by atoms with Crippen LogP contribution >= 0.6 is 11.6 Å². The number of nitrogens with zero attached hydrogens (tertiary/aromatic N) is 2. The molecule has 1 aliphatic heterocycles. The maximum atomic E-state index is 13.5. The second-order valence-corrected chi connectivity index (χ2v) is 15.3. The molecule has 50 heavy (non-hydrogen) atoms. The number of carbonyl (C=O) groups excluding carboxylic acids is 1. The van der Waals surface area contributed by atoms with Gasteiger partial charge in [-0.1, -0.05) is 29.8 Å².